The number of nitrogens with zero attached hydrogens (tertiary/aromatic N) is 2. The summed E-state index contributed by atoms with van der Waals surface area (Å²) in [7, 11) is 0. The van der Waals surface area contributed by atoms with Gasteiger partial charge < -0.3 is 9.52 Å². The summed E-state index contributed by atoms with van der Waals surface area (Å²) in [6.07, 6.45) is 0. The van der Waals surface area contributed by atoms with Crippen molar-refractivity contribution in [2.24, 2.45) is 5.92 Å². The van der Waals surface area contributed by atoms with Gasteiger partial charge >= 0.3 is 5.97 Å². The van der Waals surface area contributed by atoms with E-state index in [1.165, 1.54) is 11.8 Å². The van der Waals surface area contributed by atoms with Crippen LogP contribution in [0.3, 0.4) is 0 Å². The van der Waals surface area contributed by atoms with Crippen LogP contribution in [0.15, 0.2) is 33.2 Å². The van der Waals surface area contributed by atoms with Crippen LogP contribution in [0.5, 0.6) is 0 Å². The van der Waals surface area contributed by atoms with Gasteiger partial charge in [0.2, 0.25) is 11.8 Å². The lowest BCUT2D eigenvalue weighted by Crippen LogP contribution is -2.22. The molecule has 0 fully saturated rings. The second-order valence-electron chi connectivity index (χ2n) is 4.79. The number of aromatic nitrogens is 2. The van der Waals surface area contributed by atoms with Crippen LogP contribution in [0.25, 0.3) is 11.5 Å². The Hall–Kier alpha value is -1.34. The molecule has 5 nitrogen and oxygen atoms in total. The first-order valence-corrected chi connectivity index (χ1v) is 8.25. The van der Waals surface area contributed by atoms with Crippen molar-refractivity contribution < 1.29 is 14.3 Å². The average molecular weight is 371 g/mol. The van der Waals surface area contributed by atoms with Gasteiger partial charge in [-0.15, -0.1) is 22.0 Å². The van der Waals surface area contributed by atoms with Gasteiger partial charge in [0.25, 0.3) is 0 Å². The molecule has 7 heteroatoms. The van der Waals surface area contributed by atoms with E-state index in [1.807, 2.05) is 38.1 Å². The minimum atomic E-state index is -0.819. The van der Waals surface area contributed by atoms with E-state index in [9.17, 15) is 4.79 Å². The summed E-state index contributed by atoms with van der Waals surface area (Å²) in [4.78, 5) is 11.1. The maximum absolute atomic E-state index is 11.1. The van der Waals surface area contributed by atoms with Gasteiger partial charge in [-0.05, 0) is 34.0 Å². The van der Waals surface area contributed by atoms with Gasteiger partial charge in [-0.25, -0.2) is 0 Å². The molecular formula is C14H15BrN2O3S. The van der Waals surface area contributed by atoms with E-state index in [0.717, 1.165) is 10.0 Å². The fourth-order valence-electron chi connectivity index (χ4n) is 1.77. The van der Waals surface area contributed by atoms with Crippen molar-refractivity contribution >= 4 is 33.7 Å². The molecule has 0 aliphatic heterocycles. The highest BCUT2D eigenvalue weighted by Gasteiger charge is 2.23. The van der Waals surface area contributed by atoms with Crippen LogP contribution in [0, 0.1) is 5.92 Å². The number of carboxylic acids is 1. The lowest BCUT2D eigenvalue weighted by atomic mass is 10.1. The fourth-order valence-corrected chi connectivity index (χ4v) is 3.19. The van der Waals surface area contributed by atoms with Crippen molar-refractivity contribution in [1.82, 2.24) is 10.2 Å². The molecule has 1 N–H and O–H groups in total. The normalized spacial score (nSPS) is 12.6. The van der Waals surface area contributed by atoms with Gasteiger partial charge in [0.1, 0.15) is 5.25 Å². The van der Waals surface area contributed by atoms with Crippen LogP contribution in [0.4, 0.5) is 0 Å². The van der Waals surface area contributed by atoms with Crippen molar-refractivity contribution in [2.75, 3.05) is 0 Å². The molecule has 0 saturated carbocycles. The number of thioether (sulfide) groups is 1. The number of rotatable bonds is 6. The fraction of sp³-hybridized carbons (Fsp3) is 0.357. The molecule has 0 amide bonds. The molecule has 0 saturated heterocycles. The van der Waals surface area contributed by atoms with Crippen LogP contribution in [-0.4, -0.2) is 26.5 Å². The van der Waals surface area contributed by atoms with E-state index in [1.54, 1.807) is 0 Å². The number of aliphatic carboxylic acids is 1. The zero-order valence-electron chi connectivity index (χ0n) is 11.6. The Bertz CT molecular complexity index is 630. The molecule has 0 spiro atoms. The lowest BCUT2D eigenvalue weighted by molar-refractivity contribution is -0.137. The van der Waals surface area contributed by atoms with Crippen molar-refractivity contribution in [1.29, 1.82) is 0 Å². The first-order valence-electron chi connectivity index (χ1n) is 6.40. The first-order chi connectivity index (χ1) is 9.99. The van der Waals surface area contributed by atoms with Gasteiger partial charge in [0.15, 0.2) is 0 Å². The van der Waals surface area contributed by atoms with E-state index >= 15 is 0 Å². The maximum atomic E-state index is 11.1. The van der Waals surface area contributed by atoms with Gasteiger partial charge in [-0.3, -0.25) is 4.79 Å². The summed E-state index contributed by atoms with van der Waals surface area (Å²) in [5.74, 6) is 0.456. The SMILES string of the molecule is CC(C)C(SCc1nnc(-c2ccccc2Br)o1)C(=O)O. The second kappa shape index (κ2) is 7.09. The standard InChI is InChI=1S/C14H15BrN2O3S/c1-8(2)12(14(18)19)21-7-11-16-17-13(20-11)9-5-3-4-6-10(9)15/h3-6,8,12H,7H2,1-2H3,(H,18,19). The smallest absolute Gasteiger partial charge is 0.316 e. The van der Waals surface area contributed by atoms with Crippen LogP contribution >= 0.6 is 27.7 Å². The number of carboxylic acid groups (broad SMARTS) is 1. The summed E-state index contributed by atoms with van der Waals surface area (Å²) in [5.41, 5.74) is 0.819. The van der Waals surface area contributed by atoms with Crippen LogP contribution < -0.4 is 0 Å². The molecule has 2 aromatic rings. The molecule has 112 valence electrons. The quantitative estimate of drug-likeness (QED) is 0.832. The van der Waals surface area contributed by atoms with E-state index in [0.29, 0.717) is 17.5 Å². The monoisotopic (exact) mass is 370 g/mol. The maximum Gasteiger partial charge on any atom is 0.316 e. The molecule has 1 aromatic heterocycles. The number of carbonyl (C=O) groups is 1. The number of hydrogen-bond acceptors (Lipinski definition) is 5. The third-order valence-electron chi connectivity index (χ3n) is 2.81. The van der Waals surface area contributed by atoms with Gasteiger partial charge in [0, 0.05) is 4.47 Å². The molecule has 1 heterocycles. The molecule has 0 radical (unpaired) electrons. The van der Waals surface area contributed by atoms with Crippen LogP contribution in [-0.2, 0) is 10.5 Å². The molecule has 1 atom stereocenters. The molecule has 1 unspecified atom stereocenters. The second-order valence-corrected chi connectivity index (χ2v) is 6.78. The van der Waals surface area contributed by atoms with E-state index in [-0.39, 0.29) is 5.92 Å². The largest absolute Gasteiger partial charge is 0.480 e. The predicted octanol–water partition coefficient (Wildman–Crippen LogP) is 3.84. The average Bonchev–Trinajstić information content (AvgIpc) is 2.87. The minimum Gasteiger partial charge on any atom is -0.480 e. The van der Waals surface area contributed by atoms with Crippen LogP contribution in [0.2, 0.25) is 0 Å². The molecule has 2 rings (SSSR count). The highest BCUT2D eigenvalue weighted by Crippen LogP contribution is 2.28. The number of benzene rings is 1. The van der Waals surface area contributed by atoms with Crippen molar-refractivity contribution in [3.05, 3.63) is 34.6 Å². The van der Waals surface area contributed by atoms with Gasteiger partial charge in [-0.2, -0.15) is 0 Å². The number of hydrogen-bond donors (Lipinski definition) is 1. The van der Waals surface area contributed by atoms with Gasteiger partial charge in [0.05, 0.1) is 11.3 Å². The zero-order valence-corrected chi connectivity index (χ0v) is 14.0. The van der Waals surface area contributed by atoms with Crippen molar-refractivity contribution in [3.63, 3.8) is 0 Å². The zero-order chi connectivity index (χ0) is 15.4. The highest BCUT2D eigenvalue weighted by atomic mass is 79.9. The summed E-state index contributed by atoms with van der Waals surface area (Å²) >= 11 is 4.73. The highest BCUT2D eigenvalue weighted by molar-refractivity contribution is 9.10. The molecule has 0 aliphatic carbocycles. The Morgan fingerprint density at radius 3 is 2.71 bits per heavy atom. The topological polar surface area (TPSA) is 76.2 Å². The third-order valence-corrected chi connectivity index (χ3v) is 5.02. The summed E-state index contributed by atoms with van der Waals surface area (Å²) in [6.45, 7) is 3.76. The molecule has 21 heavy (non-hydrogen) atoms. The van der Waals surface area contributed by atoms with Crippen molar-refractivity contribution in [3.8, 4) is 11.5 Å². The number of halogens is 1. The molecule has 1 aromatic carbocycles. The Kier molecular flexibility index (Phi) is 5.41. The first kappa shape index (κ1) is 16.0. The molecule has 0 aliphatic rings. The van der Waals surface area contributed by atoms with E-state index in [4.69, 9.17) is 9.52 Å². The summed E-state index contributed by atoms with van der Waals surface area (Å²) in [6, 6.07) is 7.56. The Morgan fingerprint density at radius 2 is 2.10 bits per heavy atom. The van der Waals surface area contributed by atoms with Crippen molar-refractivity contribution in [2.45, 2.75) is 24.9 Å². The lowest BCUT2D eigenvalue weighted by Gasteiger charge is -2.13. The van der Waals surface area contributed by atoms with Gasteiger partial charge in [-0.1, -0.05) is 26.0 Å². The summed E-state index contributed by atoms with van der Waals surface area (Å²) < 4.78 is 6.47. The van der Waals surface area contributed by atoms with Crippen LogP contribution in [0.1, 0.15) is 19.7 Å². The van der Waals surface area contributed by atoms with E-state index in [2.05, 4.69) is 26.1 Å². The van der Waals surface area contributed by atoms with E-state index < -0.39 is 11.2 Å². The summed E-state index contributed by atoms with van der Waals surface area (Å²) in [5, 5.41) is 16.6. The predicted molar refractivity (Wildman–Crippen MR) is 85.0 cm³/mol. The molecule has 0 bridgehead atoms. The molecular weight excluding hydrogens is 356 g/mol. The Balaban J connectivity index is 2.07. The Labute approximate surface area is 135 Å². The minimum absolute atomic E-state index is 0.0400. The Morgan fingerprint density at radius 1 is 1.38 bits per heavy atom. The third kappa shape index (κ3) is 4.07.